The van der Waals surface area contributed by atoms with Gasteiger partial charge in [0.2, 0.25) is 0 Å². The van der Waals surface area contributed by atoms with Gasteiger partial charge in [-0.1, -0.05) is 26.0 Å². The van der Waals surface area contributed by atoms with Crippen molar-refractivity contribution < 1.29 is 8.81 Å². The Labute approximate surface area is 145 Å². The first-order chi connectivity index (χ1) is 12.1. The van der Waals surface area contributed by atoms with E-state index in [1.165, 1.54) is 6.07 Å². The van der Waals surface area contributed by atoms with E-state index in [0.29, 0.717) is 6.54 Å². The van der Waals surface area contributed by atoms with E-state index >= 15 is 0 Å². The Bertz CT molecular complexity index is 870. The molecule has 0 bridgehead atoms. The van der Waals surface area contributed by atoms with Gasteiger partial charge in [0.15, 0.2) is 5.89 Å². The highest BCUT2D eigenvalue weighted by atomic mass is 19.1. The average molecular weight is 340 g/mol. The van der Waals surface area contributed by atoms with Gasteiger partial charge >= 0.3 is 0 Å². The number of fused-ring (bicyclic) bond motifs is 1. The second-order valence-electron chi connectivity index (χ2n) is 6.78. The van der Waals surface area contributed by atoms with Crippen molar-refractivity contribution in [3.8, 4) is 0 Å². The fourth-order valence-corrected chi connectivity index (χ4v) is 3.41. The van der Waals surface area contributed by atoms with Crippen LogP contribution in [0.5, 0.6) is 0 Å². The lowest BCUT2D eigenvalue weighted by Gasteiger charge is -2.34. The Balaban J connectivity index is 1.68. The number of imidazole rings is 1. The molecule has 0 aliphatic carbocycles. The highest BCUT2D eigenvalue weighted by Crippen LogP contribution is 2.34. The Morgan fingerprint density at radius 2 is 2.28 bits per heavy atom. The molecule has 4 rings (SSSR count). The van der Waals surface area contributed by atoms with Crippen molar-refractivity contribution in [2.24, 2.45) is 0 Å². The van der Waals surface area contributed by atoms with Gasteiger partial charge in [-0.15, -0.1) is 0 Å². The SMILES string of the molecule is CC(C)c1nc(CN2CCc3[nH]cnc3C2c2cccc(F)c2)co1. The molecule has 0 fully saturated rings. The summed E-state index contributed by atoms with van der Waals surface area (Å²) in [5.74, 6) is 0.769. The first-order valence-electron chi connectivity index (χ1n) is 8.58. The van der Waals surface area contributed by atoms with E-state index in [9.17, 15) is 4.39 Å². The Hall–Kier alpha value is -2.47. The maximum atomic E-state index is 13.8. The van der Waals surface area contributed by atoms with Crippen LogP contribution in [0.2, 0.25) is 0 Å². The van der Waals surface area contributed by atoms with E-state index in [1.54, 1.807) is 24.7 Å². The normalized spacial score (nSPS) is 17.8. The monoisotopic (exact) mass is 340 g/mol. The third-order valence-electron chi connectivity index (χ3n) is 4.62. The fraction of sp³-hybridized carbons (Fsp3) is 0.368. The van der Waals surface area contributed by atoms with Gasteiger partial charge in [-0.2, -0.15) is 0 Å². The number of halogens is 1. The van der Waals surface area contributed by atoms with Crippen LogP contribution >= 0.6 is 0 Å². The maximum Gasteiger partial charge on any atom is 0.196 e. The highest BCUT2D eigenvalue weighted by molar-refractivity contribution is 5.33. The zero-order valence-electron chi connectivity index (χ0n) is 14.4. The van der Waals surface area contributed by atoms with Crippen LogP contribution in [0.15, 0.2) is 41.3 Å². The number of hydrogen-bond donors (Lipinski definition) is 1. The highest BCUT2D eigenvalue weighted by Gasteiger charge is 2.31. The molecule has 5 nitrogen and oxygen atoms in total. The van der Waals surface area contributed by atoms with Crippen LogP contribution in [0.25, 0.3) is 0 Å². The molecule has 3 heterocycles. The molecule has 1 aliphatic rings. The lowest BCUT2D eigenvalue weighted by molar-refractivity contribution is 0.197. The molecule has 130 valence electrons. The summed E-state index contributed by atoms with van der Waals surface area (Å²) in [4.78, 5) is 14.6. The molecule has 25 heavy (non-hydrogen) atoms. The van der Waals surface area contributed by atoms with Crippen molar-refractivity contribution in [3.05, 3.63) is 71.2 Å². The van der Waals surface area contributed by atoms with Crippen molar-refractivity contribution in [1.82, 2.24) is 19.9 Å². The summed E-state index contributed by atoms with van der Waals surface area (Å²) < 4.78 is 19.4. The average Bonchev–Trinajstić information content (AvgIpc) is 3.23. The number of H-pyrrole nitrogens is 1. The zero-order valence-corrected chi connectivity index (χ0v) is 14.4. The molecule has 0 spiro atoms. The lowest BCUT2D eigenvalue weighted by Crippen LogP contribution is -2.36. The molecule has 0 amide bonds. The largest absolute Gasteiger partial charge is 0.448 e. The van der Waals surface area contributed by atoms with E-state index in [2.05, 4.69) is 33.7 Å². The van der Waals surface area contributed by atoms with E-state index in [0.717, 1.165) is 41.5 Å². The zero-order chi connectivity index (χ0) is 17.4. The summed E-state index contributed by atoms with van der Waals surface area (Å²) in [5, 5.41) is 0. The Kier molecular flexibility index (Phi) is 4.13. The van der Waals surface area contributed by atoms with Gasteiger partial charge in [0.05, 0.1) is 23.8 Å². The van der Waals surface area contributed by atoms with E-state index in [-0.39, 0.29) is 17.8 Å². The standard InChI is InChI=1S/C19H21FN4O/c1-12(2)19-23-15(10-25-19)9-24-7-6-16-17(22-11-21-16)18(24)13-4-3-5-14(20)8-13/h3-5,8,10-12,18H,6-7,9H2,1-2H3,(H,21,22). The second-order valence-corrected chi connectivity index (χ2v) is 6.78. The second kappa shape index (κ2) is 6.44. The first-order valence-corrected chi connectivity index (χ1v) is 8.58. The van der Waals surface area contributed by atoms with Crippen molar-refractivity contribution in [3.63, 3.8) is 0 Å². The number of rotatable bonds is 4. The quantitative estimate of drug-likeness (QED) is 0.785. The van der Waals surface area contributed by atoms with Crippen molar-refractivity contribution in [2.45, 2.75) is 38.8 Å². The van der Waals surface area contributed by atoms with Crippen molar-refractivity contribution in [2.75, 3.05) is 6.54 Å². The molecule has 0 radical (unpaired) electrons. The Morgan fingerprint density at radius 3 is 3.04 bits per heavy atom. The summed E-state index contributed by atoms with van der Waals surface area (Å²) >= 11 is 0. The number of hydrogen-bond acceptors (Lipinski definition) is 4. The van der Waals surface area contributed by atoms with Gasteiger partial charge in [-0.25, -0.2) is 14.4 Å². The molecule has 6 heteroatoms. The third kappa shape index (κ3) is 3.09. The molecule has 1 aromatic carbocycles. The molecule has 3 aromatic rings. The number of nitrogens with one attached hydrogen (secondary N) is 1. The smallest absolute Gasteiger partial charge is 0.196 e. The minimum absolute atomic E-state index is 0.0927. The lowest BCUT2D eigenvalue weighted by atomic mass is 9.95. The van der Waals surface area contributed by atoms with Crippen LogP contribution in [0.3, 0.4) is 0 Å². The van der Waals surface area contributed by atoms with Crippen molar-refractivity contribution >= 4 is 0 Å². The summed E-state index contributed by atoms with van der Waals surface area (Å²) in [6.07, 6.45) is 4.32. The van der Waals surface area contributed by atoms with Gasteiger partial charge in [-0.3, -0.25) is 4.90 Å². The maximum absolute atomic E-state index is 13.8. The van der Waals surface area contributed by atoms with Crippen LogP contribution in [-0.4, -0.2) is 26.4 Å². The topological polar surface area (TPSA) is 58.0 Å². The predicted molar refractivity (Wildman–Crippen MR) is 91.5 cm³/mol. The van der Waals surface area contributed by atoms with Gasteiger partial charge in [0.25, 0.3) is 0 Å². The van der Waals surface area contributed by atoms with Crippen LogP contribution in [0, 0.1) is 5.82 Å². The van der Waals surface area contributed by atoms with Crippen LogP contribution in [-0.2, 0) is 13.0 Å². The summed E-state index contributed by atoms with van der Waals surface area (Å²) in [6.45, 7) is 5.61. The number of aromatic amines is 1. The summed E-state index contributed by atoms with van der Waals surface area (Å²) in [6, 6.07) is 6.66. The molecular formula is C19H21FN4O. The molecule has 0 saturated carbocycles. The number of benzene rings is 1. The molecule has 1 aliphatic heterocycles. The Morgan fingerprint density at radius 1 is 1.40 bits per heavy atom. The van der Waals surface area contributed by atoms with E-state index < -0.39 is 0 Å². The van der Waals surface area contributed by atoms with Gasteiger partial charge < -0.3 is 9.40 Å². The molecule has 0 saturated heterocycles. The minimum Gasteiger partial charge on any atom is -0.448 e. The van der Waals surface area contributed by atoms with Crippen molar-refractivity contribution in [1.29, 1.82) is 0 Å². The molecular weight excluding hydrogens is 319 g/mol. The summed E-state index contributed by atoms with van der Waals surface area (Å²) in [5.41, 5.74) is 3.88. The third-order valence-corrected chi connectivity index (χ3v) is 4.62. The summed E-state index contributed by atoms with van der Waals surface area (Å²) in [7, 11) is 0. The molecule has 2 aromatic heterocycles. The van der Waals surface area contributed by atoms with Gasteiger partial charge in [0.1, 0.15) is 12.1 Å². The molecule has 1 atom stereocenters. The van der Waals surface area contributed by atoms with Crippen LogP contribution < -0.4 is 0 Å². The van der Waals surface area contributed by atoms with E-state index in [4.69, 9.17) is 4.42 Å². The van der Waals surface area contributed by atoms with Gasteiger partial charge in [0, 0.05) is 31.1 Å². The molecule has 1 unspecified atom stereocenters. The number of aromatic nitrogens is 3. The number of oxazole rings is 1. The fourth-order valence-electron chi connectivity index (χ4n) is 3.41. The first kappa shape index (κ1) is 16.0. The van der Waals surface area contributed by atoms with Crippen LogP contribution in [0.1, 0.15) is 54.3 Å². The van der Waals surface area contributed by atoms with Gasteiger partial charge in [-0.05, 0) is 17.7 Å². The predicted octanol–water partition coefficient (Wildman–Crippen LogP) is 3.81. The van der Waals surface area contributed by atoms with E-state index in [1.807, 2.05) is 6.07 Å². The minimum atomic E-state index is -0.233. The molecule has 1 N–H and O–H groups in total. The van der Waals surface area contributed by atoms with Crippen LogP contribution in [0.4, 0.5) is 4.39 Å². The number of nitrogens with zero attached hydrogens (tertiary/aromatic N) is 3.